The molecule has 0 aliphatic carbocycles. The third kappa shape index (κ3) is 2.36. The van der Waals surface area contributed by atoms with E-state index in [9.17, 15) is 9.59 Å². The van der Waals surface area contributed by atoms with E-state index < -0.39 is 11.4 Å². The minimum atomic E-state index is -0.623. The molecule has 96 valence electrons. The molecule has 1 aromatic carbocycles. The number of benzene rings is 1. The molecule has 0 amide bonds. The Labute approximate surface area is 104 Å². The fourth-order valence-electron chi connectivity index (χ4n) is 1.81. The van der Waals surface area contributed by atoms with Crippen LogP contribution in [0.5, 0.6) is 0 Å². The molecule has 18 heavy (non-hydrogen) atoms. The molecule has 1 aromatic heterocycles. The van der Waals surface area contributed by atoms with Crippen LogP contribution in [0.25, 0.3) is 10.9 Å². The van der Waals surface area contributed by atoms with Crippen molar-refractivity contribution in [2.45, 2.75) is 26.0 Å². The number of aromatic nitrogens is 1. The van der Waals surface area contributed by atoms with Gasteiger partial charge in [0.15, 0.2) is 0 Å². The molecule has 0 spiro atoms. The number of para-hydroxylation sites is 1. The first-order valence-electron chi connectivity index (χ1n) is 5.79. The van der Waals surface area contributed by atoms with Gasteiger partial charge in [-0.25, -0.2) is 9.59 Å². The van der Waals surface area contributed by atoms with E-state index in [4.69, 9.17) is 9.15 Å². The molecular formula is C13H15NO4. The Morgan fingerprint density at radius 2 is 2.06 bits per heavy atom. The largest absolute Gasteiger partial charge is 0.422 e. The van der Waals surface area contributed by atoms with Crippen molar-refractivity contribution in [1.82, 2.24) is 4.57 Å². The van der Waals surface area contributed by atoms with Gasteiger partial charge in [-0.1, -0.05) is 12.1 Å². The van der Waals surface area contributed by atoms with Crippen molar-refractivity contribution in [3.05, 3.63) is 45.2 Å². The Hall–Kier alpha value is -1.88. The van der Waals surface area contributed by atoms with Gasteiger partial charge >= 0.3 is 11.4 Å². The molecule has 0 aliphatic heterocycles. The van der Waals surface area contributed by atoms with Gasteiger partial charge in [0.25, 0.3) is 0 Å². The second-order valence-electron chi connectivity index (χ2n) is 4.16. The zero-order valence-electron chi connectivity index (χ0n) is 10.4. The van der Waals surface area contributed by atoms with Crippen LogP contribution >= 0.6 is 0 Å². The molecule has 0 fully saturated rings. The van der Waals surface area contributed by atoms with Crippen LogP contribution in [0.4, 0.5) is 0 Å². The van der Waals surface area contributed by atoms with E-state index in [1.165, 1.54) is 4.57 Å². The smallest absolute Gasteiger partial charge is 0.382 e. The van der Waals surface area contributed by atoms with Crippen LogP contribution in [-0.2, 0) is 11.3 Å². The summed E-state index contributed by atoms with van der Waals surface area (Å²) in [4.78, 5) is 23.3. The van der Waals surface area contributed by atoms with E-state index in [2.05, 4.69) is 0 Å². The molecule has 2 rings (SSSR count). The third-order valence-electron chi connectivity index (χ3n) is 2.98. The first kappa shape index (κ1) is 12.6. The average molecular weight is 249 g/mol. The number of ether oxygens (including phenoxy) is 1. The highest BCUT2D eigenvalue weighted by molar-refractivity contribution is 5.77. The van der Waals surface area contributed by atoms with Gasteiger partial charge in [0.05, 0.1) is 17.0 Å². The SMILES string of the molecule is COC(C)CCn1c(=O)oc(=O)c2ccccc21. The molecule has 0 radical (unpaired) electrons. The van der Waals surface area contributed by atoms with E-state index in [-0.39, 0.29) is 6.10 Å². The van der Waals surface area contributed by atoms with Crippen LogP contribution in [0.3, 0.4) is 0 Å². The van der Waals surface area contributed by atoms with E-state index in [0.29, 0.717) is 23.9 Å². The second kappa shape index (κ2) is 5.18. The highest BCUT2D eigenvalue weighted by Gasteiger charge is 2.09. The molecule has 2 aromatic rings. The van der Waals surface area contributed by atoms with Crippen molar-refractivity contribution in [3.8, 4) is 0 Å². The number of fused-ring (bicyclic) bond motifs is 1. The first-order chi connectivity index (χ1) is 8.63. The van der Waals surface area contributed by atoms with E-state index in [0.717, 1.165) is 0 Å². The Morgan fingerprint density at radius 3 is 2.78 bits per heavy atom. The first-order valence-corrected chi connectivity index (χ1v) is 5.79. The Balaban J connectivity index is 2.50. The lowest BCUT2D eigenvalue weighted by Gasteiger charge is -2.11. The van der Waals surface area contributed by atoms with Crippen molar-refractivity contribution >= 4 is 10.9 Å². The minimum absolute atomic E-state index is 0.0441. The zero-order chi connectivity index (χ0) is 13.1. The number of hydrogen-bond acceptors (Lipinski definition) is 4. The van der Waals surface area contributed by atoms with Crippen LogP contribution < -0.4 is 11.4 Å². The van der Waals surface area contributed by atoms with Crippen molar-refractivity contribution in [3.63, 3.8) is 0 Å². The highest BCUT2D eigenvalue weighted by Crippen LogP contribution is 2.08. The minimum Gasteiger partial charge on any atom is -0.382 e. The summed E-state index contributed by atoms with van der Waals surface area (Å²) in [5, 5.41) is 0.419. The van der Waals surface area contributed by atoms with Crippen LogP contribution in [0.1, 0.15) is 13.3 Å². The summed E-state index contributed by atoms with van der Waals surface area (Å²) >= 11 is 0. The number of hydrogen-bond donors (Lipinski definition) is 0. The summed E-state index contributed by atoms with van der Waals surface area (Å²) in [5.41, 5.74) is 0.00805. The summed E-state index contributed by atoms with van der Waals surface area (Å²) in [5.74, 6) is -0.623. The molecule has 5 nitrogen and oxygen atoms in total. The topological polar surface area (TPSA) is 61.4 Å². The maximum atomic E-state index is 11.7. The van der Waals surface area contributed by atoms with Gasteiger partial charge in [-0.15, -0.1) is 0 Å². The molecule has 1 heterocycles. The quantitative estimate of drug-likeness (QED) is 0.821. The van der Waals surface area contributed by atoms with Crippen LogP contribution in [-0.4, -0.2) is 17.8 Å². The van der Waals surface area contributed by atoms with Crippen molar-refractivity contribution in [2.24, 2.45) is 0 Å². The number of aryl methyl sites for hydroxylation is 1. The lowest BCUT2D eigenvalue weighted by atomic mass is 10.2. The number of methoxy groups -OCH3 is 1. The fourth-order valence-corrected chi connectivity index (χ4v) is 1.81. The van der Waals surface area contributed by atoms with Gasteiger partial charge < -0.3 is 9.15 Å². The Bertz CT molecular complexity index is 656. The molecule has 0 saturated carbocycles. The summed E-state index contributed by atoms with van der Waals surface area (Å²) < 4.78 is 11.3. The van der Waals surface area contributed by atoms with Gasteiger partial charge in [0, 0.05) is 13.7 Å². The van der Waals surface area contributed by atoms with Gasteiger partial charge in [-0.3, -0.25) is 4.57 Å². The van der Waals surface area contributed by atoms with E-state index in [1.807, 2.05) is 6.92 Å². The molecule has 0 bridgehead atoms. The summed E-state index contributed by atoms with van der Waals surface area (Å²) in [6.07, 6.45) is 0.719. The fraction of sp³-hybridized carbons (Fsp3) is 0.385. The van der Waals surface area contributed by atoms with Crippen LogP contribution in [0, 0.1) is 0 Å². The molecular weight excluding hydrogens is 234 g/mol. The predicted molar refractivity (Wildman–Crippen MR) is 67.8 cm³/mol. The lowest BCUT2D eigenvalue weighted by Crippen LogP contribution is -2.26. The second-order valence-corrected chi connectivity index (χ2v) is 4.16. The molecule has 0 saturated heterocycles. The van der Waals surface area contributed by atoms with Gasteiger partial charge in [0.1, 0.15) is 0 Å². The third-order valence-corrected chi connectivity index (χ3v) is 2.98. The molecule has 5 heteroatoms. The summed E-state index contributed by atoms with van der Waals surface area (Å²) in [6.45, 7) is 2.38. The van der Waals surface area contributed by atoms with E-state index >= 15 is 0 Å². The predicted octanol–water partition coefficient (Wildman–Crippen LogP) is 1.38. The molecule has 0 aliphatic rings. The van der Waals surface area contributed by atoms with Crippen molar-refractivity contribution < 1.29 is 9.15 Å². The van der Waals surface area contributed by atoms with Gasteiger partial charge in [-0.05, 0) is 25.5 Å². The van der Waals surface area contributed by atoms with Crippen LogP contribution in [0.2, 0.25) is 0 Å². The molecule has 1 unspecified atom stereocenters. The van der Waals surface area contributed by atoms with Crippen molar-refractivity contribution in [2.75, 3.05) is 7.11 Å². The molecule has 1 atom stereocenters. The highest BCUT2D eigenvalue weighted by atomic mass is 16.5. The van der Waals surface area contributed by atoms with E-state index in [1.54, 1.807) is 31.4 Å². The Kier molecular flexibility index (Phi) is 3.62. The normalized spacial score (nSPS) is 12.8. The maximum absolute atomic E-state index is 11.7. The monoisotopic (exact) mass is 249 g/mol. The maximum Gasteiger partial charge on any atom is 0.422 e. The average Bonchev–Trinajstić information content (AvgIpc) is 2.38. The standard InChI is InChI=1S/C13H15NO4/c1-9(17-2)7-8-14-11-6-4-3-5-10(11)12(15)18-13(14)16/h3-6,9H,7-8H2,1-2H3. The van der Waals surface area contributed by atoms with Crippen molar-refractivity contribution in [1.29, 1.82) is 0 Å². The van der Waals surface area contributed by atoms with Crippen LogP contribution in [0.15, 0.2) is 38.3 Å². The summed E-state index contributed by atoms with van der Waals surface area (Å²) in [7, 11) is 1.62. The van der Waals surface area contributed by atoms with Gasteiger partial charge in [-0.2, -0.15) is 0 Å². The summed E-state index contributed by atoms with van der Waals surface area (Å²) in [6, 6.07) is 6.92. The Morgan fingerprint density at radius 1 is 1.33 bits per heavy atom. The number of rotatable bonds is 4. The zero-order valence-corrected chi connectivity index (χ0v) is 10.4. The lowest BCUT2D eigenvalue weighted by molar-refractivity contribution is 0.106. The van der Waals surface area contributed by atoms with Gasteiger partial charge in [0.2, 0.25) is 0 Å². The molecule has 0 N–H and O–H groups in total. The number of nitrogens with zero attached hydrogens (tertiary/aromatic N) is 1.